The summed E-state index contributed by atoms with van der Waals surface area (Å²) in [6, 6.07) is 15.2. The summed E-state index contributed by atoms with van der Waals surface area (Å²) in [6.07, 6.45) is 1.01. The van der Waals surface area contributed by atoms with Gasteiger partial charge in [0.05, 0.1) is 12.8 Å². The van der Waals surface area contributed by atoms with Crippen LogP contribution in [0.1, 0.15) is 25.8 Å². The summed E-state index contributed by atoms with van der Waals surface area (Å²) >= 11 is 0. The minimum absolute atomic E-state index is 0.184. The SMILES string of the molecule is CCc1ccc(O[C@@H](CC)C(=O)Nc2ccccc2OC)cc1. The van der Waals surface area contributed by atoms with Gasteiger partial charge in [-0.2, -0.15) is 0 Å². The van der Waals surface area contributed by atoms with Crippen molar-refractivity contribution in [1.82, 2.24) is 0 Å². The molecule has 0 fully saturated rings. The zero-order valence-electron chi connectivity index (χ0n) is 13.8. The highest BCUT2D eigenvalue weighted by atomic mass is 16.5. The topological polar surface area (TPSA) is 47.6 Å². The molecule has 0 aliphatic heterocycles. The molecule has 0 heterocycles. The van der Waals surface area contributed by atoms with Gasteiger partial charge in [-0.05, 0) is 42.7 Å². The number of methoxy groups -OCH3 is 1. The number of hydrogen-bond donors (Lipinski definition) is 1. The highest BCUT2D eigenvalue weighted by molar-refractivity contribution is 5.95. The van der Waals surface area contributed by atoms with Gasteiger partial charge in [0, 0.05) is 0 Å². The number of hydrogen-bond acceptors (Lipinski definition) is 3. The molecule has 1 N–H and O–H groups in total. The van der Waals surface area contributed by atoms with Crippen LogP contribution in [0.25, 0.3) is 0 Å². The zero-order chi connectivity index (χ0) is 16.7. The fraction of sp³-hybridized carbons (Fsp3) is 0.316. The number of carbonyl (C=O) groups is 1. The Balaban J connectivity index is 2.05. The van der Waals surface area contributed by atoms with Gasteiger partial charge in [-0.3, -0.25) is 4.79 Å². The molecule has 0 aliphatic carbocycles. The first-order chi connectivity index (χ1) is 11.2. The molecule has 0 unspecified atom stereocenters. The van der Waals surface area contributed by atoms with Gasteiger partial charge in [-0.1, -0.05) is 38.1 Å². The normalized spacial score (nSPS) is 11.6. The number of carbonyl (C=O) groups excluding carboxylic acids is 1. The molecule has 2 rings (SSSR count). The summed E-state index contributed by atoms with van der Waals surface area (Å²) in [7, 11) is 1.58. The van der Waals surface area contributed by atoms with E-state index in [2.05, 4.69) is 12.2 Å². The van der Waals surface area contributed by atoms with E-state index in [1.165, 1.54) is 5.56 Å². The van der Waals surface area contributed by atoms with Crippen LogP contribution in [0, 0.1) is 0 Å². The van der Waals surface area contributed by atoms with Gasteiger partial charge in [-0.25, -0.2) is 0 Å². The molecule has 0 bridgehead atoms. The van der Waals surface area contributed by atoms with Gasteiger partial charge in [-0.15, -0.1) is 0 Å². The zero-order valence-corrected chi connectivity index (χ0v) is 13.8. The van der Waals surface area contributed by atoms with Crippen LogP contribution in [0.4, 0.5) is 5.69 Å². The Labute approximate surface area is 137 Å². The molecule has 1 amide bonds. The van der Waals surface area contributed by atoms with Crippen LogP contribution in [-0.4, -0.2) is 19.1 Å². The molecule has 23 heavy (non-hydrogen) atoms. The van der Waals surface area contributed by atoms with Crippen LogP contribution in [0.3, 0.4) is 0 Å². The molecular formula is C19H23NO3. The van der Waals surface area contributed by atoms with Crippen LogP contribution < -0.4 is 14.8 Å². The van der Waals surface area contributed by atoms with Crippen molar-refractivity contribution in [3.63, 3.8) is 0 Å². The van der Waals surface area contributed by atoms with E-state index in [0.717, 1.165) is 6.42 Å². The Kier molecular flexibility index (Phi) is 6.03. The Morgan fingerprint density at radius 3 is 2.39 bits per heavy atom. The summed E-state index contributed by atoms with van der Waals surface area (Å²) in [5, 5.41) is 2.87. The summed E-state index contributed by atoms with van der Waals surface area (Å²) in [5.41, 5.74) is 1.88. The van der Waals surface area contributed by atoms with Crippen LogP contribution >= 0.6 is 0 Å². The van der Waals surface area contributed by atoms with Crippen molar-refractivity contribution in [3.8, 4) is 11.5 Å². The second-order valence-electron chi connectivity index (χ2n) is 5.20. The van der Waals surface area contributed by atoms with Crippen molar-refractivity contribution in [1.29, 1.82) is 0 Å². The van der Waals surface area contributed by atoms with E-state index in [4.69, 9.17) is 9.47 Å². The number of anilines is 1. The number of rotatable bonds is 7. The second-order valence-corrected chi connectivity index (χ2v) is 5.20. The predicted octanol–water partition coefficient (Wildman–Crippen LogP) is 4.05. The standard InChI is InChI=1S/C19H23NO3/c1-4-14-10-12-15(13-11-14)23-17(5-2)19(21)20-16-8-6-7-9-18(16)22-3/h6-13,17H,4-5H2,1-3H3,(H,20,21)/t17-/m0/s1. The molecule has 4 nitrogen and oxygen atoms in total. The van der Waals surface area contributed by atoms with Crippen molar-refractivity contribution in [2.75, 3.05) is 12.4 Å². The van der Waals surface area contributed by atoms with Crippen molar-refractivity contribution in [3.05, 3.63) is 54.1 Å². The van der Waals surface area contributed by atoms with Gasteiger partial charge < -0.3 is 14.8 Å². The van der Waals surface area contributed by atoms with E-state index >= 15 is 0 Å². The lowest BCUT2D eigenvalue weighted by Crippen LogP contribution is -2.32. The molecule has 0 saturated heterocycles. The highest BCUT2D eigenvalue weighted by Crippen LogP contribution is 2.24. The number of amides is 1. The quantitative estimate of drug-likeness (QED) is 0.838. The minimum atomic E-state index is -0.549. The Bertz CT molecular complexity index is 637. The summed E-state index contributed by atoms with van der Waals surface area (Å²) in [4.78, 5) is 12.4. The largest absolute Gasteiger partial charge is 0.495 e. The first-order valence-electron chi connectivity index (χ1n) is 7.87. The van der Waals surface area contributed by atoms with Crippen molar-refractivity contribution < 1.29 is 14.3 Å². The molecule has 0 spiro atoms. The third-order valence-corrected chi connectivity index (χ3v) is 3.64. The average Bonchev–Trinajstić information content (AvgIpc) is 2.60. The molecule has 0 aliphatic rings. The lowest BCUT2D eigenvalue weighted by atomic mass is 10.1. The maximum atomic E-state index is 12.4. The molecule has 2 aromatic carbocycles. The number of para-hydroxylation sites is 2. The van der Waals surface area contributed by atoms with Crippen LogP contribution in [0.5, 0.6) is 11.5 Å². The third-order valence-electron chi connectivity index (χ3n) is 3.64. The second kappa shape index (κ2) is 8.22. The van der Waals surface area contributed by atoms with Gasteiger partial charge >= 0.3 is 0 Å². The monoisotopic (exact) mass is 313 g/mol. The maximum absolute atomic E-state index is 12.4. The Morgan fingerprint density at radius 1 is 1.09 bits per heavy atom. The van der Waals surface area contributed by atoms with E-state index in [-0.39, 0.29) is 5.91 Å². The summed E-state index contributed by atoms with van der Waals surface area (Å²) < 4.78 is 11.1. The Morgan fingerprint density at radius 2 is 1.78 bits per heavy atom. The fourth-order valence-electron chi connectivity index (χ4n) is 2.25. The maximum Gasteiger partial charge on any atom is 0.265 e. The first kappa shape index (κ1) is 16.9. The average molecular weight is 313 g/mol. The van der Waals surface area contributed by atoms with Gasteiger partial charge in [0.25, 0.3) is 5.91 Å². The first-order valence-corrected chi connectivity index (χ1v) is 7.87. The molecule has 0 aromatic heterocycles. The number of ether oxygens (including phenoxy) is 2. The minimum Gasteiger partial charge on any atom is -0.495 e. The lowest BCUT2D eigenvalue weighted by molar-refractivity contribution is -0.122. The fourth-order valence-corrected chi connectivity index (χ4v) is 2.25. The van der Waals surface area contributed by atoms with Gasteiger partial charge in [0.1, 0.15) is 11.5 Å². The molecular weight excluding hydrogens is 290 g/mol. The summed E-state index contributed by atoms with van der Waals surface area (Å²) in [6.45, 7) is 4.03. The van der Waals surface area contributed by atoms with Crippen LogP contribution in [0.2, 0.25) is 0 Å². The number of benzene rings is 2. The van der Waals surface area contributed by atoms with Gasteiger partial charge in [0.15, 0.2) is 6.10 Å². The molecule has 1 atom stereocenters. The van der Waals surface area contributed by atoms with Crippen molar-refractivity contribution in [2.45, 2.75) is 32.8 Å². The Hall–Kier alpha value is -2.49. The van der Waals surface area contributed by atoms with Crippen molar-refractivity contribution >= 4 is 11.6 Å². The van der Waals surface area contributed by atoms with E-state index < -0.39 is 6.10 Å². The predicted molar refractivity (Wildman–Crippen MR) is 92.2 cm³/mol. The molecule has 0 radical (unpaired) electrons. The number of aryl methyl sites for hydroxylation is 1. The number of nitrogens with one attached hydrogen (secondary N) is 1. The van der Waals surface area contributed by atoms with Gasteiger partial charge in [0.2, 0.25) is 0 Å². The molecule has 0 saturated carbocycles. The van der Waals surface area contributed by atoms with Crippen LogP contribution in [0.15, 0.2) is 48.5 Å². The summed E-state index contributed by atoms with van der Waals surface area (Å²) in [5.74, 6) is 1.14. The van der Waals surface area contributed by atoms with E-state index in [1.807, 2.05) is 43.3 Å². The van der Waals surface area contributed by atoms with E-state index in [1.54, 1.807) is 19.2 Å². The van der Waals surface area contributed by atoms with Crippen LogP contribution in [-0.2, 0) is 11.2 Å². The lowest BCUT2D eigenvalue weighted by Gasteiger charge is -2.18. The molecule has 4 heteroatoms. The molecule has 2 aromatic rings. The van der Waals surface area contributed by atoms with Crippen molar-refractivity contribution in [2.24, 2.45) is 0 Å². The third kappa shape index (κ3) is 4.49. The smallest absolute Gasteiger partial charge is 0.265 e. The molecule has 122 valence electrons. The van der Waals surface area contributed by atoms with E-state index in [9.17, 15) is 4.79 Å². The van der Waals surface area contributed by atoms with E-state index in [0.29, 0.717) is 23.6 Å². The highest BCUT2D eigenvalue weighted by Gasteiger charge is 2.19.